The second kappa shape index (κ2) is 7.57. The minimum atomic E-state index is 0.139. The van der Waals surface area contributed by atoms with Gasteiger partial charge in [-0.15, -0.1) is 0 Å². The van der Waals surface area contributed by atoms with Gasteiger partial charge in [-0.3, -0.25) is 4.90 Å². The van der Waals surface area contributed by atoms with Crippen LogP contribution in [0.25, 0.3) is 0 Å². The second-order valence-corrected chi connectivity index (χ2v) is 7.49. The van der Waals surface area contributed by atoms with Crippen LogP contribution in [-0.4, -0.2) is 28.5 Å². The zero-order chi connectivity index (χ0) is 17.9. The number of piperidine rings is 1. The summed E-state index contributed by atoms with van der Waals surface area (Å²) in [6.07, 6.45) is 2.97. The van der Waals surface area contributed by atoms with E-state index in [0.717, 1.165) is 37.1 Å². The number of nitrogens with zero attached hydrogens (tertiary/aromatic N) is 2. The molecule has 26 heavy (non-hydrogen) atoms. The lowest BCUT2D eigenvalue weighted by molar-refractivity contribution is 0.0754. The molecule has 0 spiro atoms. The molecule has 0 aromatic heterocycles. The highest BCUT2D eigenvalue weighted by molar-refractivity contribution is 7.79. The van der Waals surface area contributed by atoms with E-state index in [1.165, 1.54) is 5.56 Å². The first-order valence-corrected chi connectivity index (χ1v) is 9.65. The topological polar surface area (TPSA) is 36.3 Å². The Hall–Kier alpha value is -2.22. The number of nitriles is 1. The summed E-state index contributed by atoms with van der Waals surface area (Å²) in [4.78, 5) is 2.55. The molecule has 2 heterocycles. The summed E-state index contributed by atoms with van der Waals surface area (Å²) in [6, 6.07) is 21.7. The zero-order valence-corrected chi connectivity index (χ0v) is 15.4. The van der Waals surface area contributed by atoms with Crippen LogP contribution in [-0.2, 0) is 6.54 Å². The third kappa shape index (κ3) is 3.51. The van der Waals surface area contributed by atoms with Gasteiger partial charge in [-0.05, 0) is 36.1 Å². The highest BCUT2D eigenvalue weighted by atomic mass is 32.1. The van der Waals surface area contributed by atoms with Crippen molar-refractivity contribution in [2.24, 2.45) is 5.92 Å². The third-order valence-electron chi connectivity index (χ3n) is 5.61. The Kier molecular flexibility index (Phi) is 5.01. The molecule has 0 aliphatic carbocycles. The van der Waals surface area contributed by atoms with E-state index >= 15 is 0 Å². The first kappa shape index (κ1) is 17.2. The van der Waals surface area contributed by atoms with Crippen molar-refractivity contribution in [1.29, 1.82) is 5.26 Å². The molecule has 3 nitrogen and oxygen atoms in total. The molecule has 0 amide bonds. The fourth-order valence-corrected chi connectivity index (χ4v) is 4.51. The number of hydrogen-bond donors (Lipinski definition) is 0. The fourth-order valence-electron chi connectivity index (χ4n) is 4.35. The molecule has 2 aliphatic rings. The van der Waals surface area contributed by atoms with E-state index in [1.807, 2.05) is 24.3 Å². The maximum Gasteiger partial charge on any atom is 0.119 e. The van der Waals surface area contributed by atoms with Crippen LogP contribution >= 0.6 is 12.2 Å². The number of rotatable bonds is 5. The van der Waals surface area contributed by atoms with E-state index in [0.29, 0.717) is 12.1 Å². The molecule has 132 valence electrons. The molecule has 0 N–H and O–H groups in total. The largest absolute Gasteiger partial charge is 0.489 e. The van der Waals surface area contributed by atoms with E-state index in [4.69, 9.17) is 17.0 Å². The van der Waals surface area contributed by atoms with Gasteiger partial charge in [0.25, 0.3) is 0 Å². The molecular weight excluding hydrogens is 340 g/mol. The van der Waals surface area contributed by atoms with E-state index < -0.39 is 0 Å². The van der Waals surface area contributed by atoms with Crippen molar-refractivity contribution in [1.82, 2.24) is 4.90 Å². The van der Waals surface area contributed by atoms with Crippen LogP contribution in [0.4, 0.5) is 0 Å². The molecule has 2 aliphatic heterocycles. The Labute approximate surface area is 160 Å². The average molecular weight is 362 g/mol. The van der Waals surface area contributed by atoms with E-state index in [2.05, 4.69) is 41.3 Å². The van der Waals surface area contributed by atoms with Gasteiger partial charge in [0.15, 0.2) is 0 Å². The summed E-state index contributed by atoms with van der Waals surface area (Å²) in [5, 5.41) is 11.1. The normalized spacial score (nSPS) is 27.7. The molecule has 4 heteroatoms. The van der Waals surface area contributed by atoms with Crippen LogP contribution in [0.2, 0.25) is 0 Å². The van der Waals surface area contributed by atoms with Crippen LogP contribution in [0, 0.1) is 17.2 Å². The van der Waals surface area contributed by atoms with Crippen molar-refractivity contribution >= 4 is 17.6 Å². The van der Waals surface area contributed by atoms with E-state index in [1.54, 1.807) is 5.37 Å². The summed E-state index contributed by atoms with van der Waals surface area (Å²) >= 11 is 4.97. The van der Waals surface area contributed by atoms with Gasteiger partial charge in [0.1, 0.15) is 11.9 Å². The average Bonchev–Trinajstić information content (AvgIpc) is 2.87. The summed E-state index contributed by atoms with van der Waals surface area (Å²) < 4.78 is 6.35. The van der Waals surface area contributed by atoms with Crippen LogP contribution in [0.3, 0.4) is 0 Å². The van der Waals surface area contributed by atoms with Gasteiger partial charge in [-0.25, -0.2) is 0 Å². The maximum absolute atomic E-state index is 9.44. The molecule has 2 aromatic rings. The maximum atomic E-state index is 9.44. The standard InChI is InChI=1S/C22H22N2OS/c23-13-18-10-19-12-22(25-20-8-6-17(15-26)7-9-20)21(11-18)24(19)14-16-4-2-1-3-5-16/h1-9,15,18-19,21-22H,10-12,14H2. The number of hydrogen-bond acceptors (Lipinski definition) is 4. The van der Waals surface area contributed by atoms with Crippen molar-refractivity contribution in [3.63, 3.8) is 0 Å². The molecule has 4 unspecified atom stereocenters. The SMILES string of the molecule is N#CC1CC2CC(Oc3ccc(C=S)cc3)C(C1)N2Cc1ccccc1. The number of ether oxygens (including phenoxy) is 1. The van der Waals surface area contributed by atoms with Crippen molar-refractivity contribution in [3.05, 3.63) is 65.7 Å². The van der Waals surface area contributed by atoms with Crippen molar-refractivity contribution < 1.29 is 4.74 Å². The molecule has 2 bridgehead atoms. The minimum Gasteiger partial charge on any atom is -0.489 e. The molecule has 4 atom stereocenters. The Morgan fingerprint density at radius 2 is 1.85 bits per heavy atom. The van der Waals surface area contributed by atoms with Crippen LogP contribution in [0.1, 0.15) is 30.4 Å². The van der Waals surface area contributed by atoms with Crippen molar-refractivity contribution in [3.8, 4) is 11.8 Å². The quantitative estimate of drug-likeness (QED) is 0.741. The van der Waals surface area contributed by atoms with Crippen LogP contribution < -0.4 is 4.74 Å². The van der Waals surface area contributed by atoms with Gasteiger partial charge in [-0.1, -0.05) is 54.7 Å². The number of thiocarbonyl (C=S) groups is 1. The third-order valence-corrected chi connectivity index (χ3v) is 5.88. The first-order valence-electron chi connectivity index (χ1n) is 9.18. The molecule has 2 aromatic carbocycles. The predicted octanol–water partition coefficient (Wildman–Crippen LogP) is 4.36. The van der Waals surface area contributed by atoms with E-state index in [9.17, 15) is 5.26 Å². The monoisotopic (exact) mass is 362 g/mol. The Balaban J connectivity index is 1.52. The molecule has 0 saturated carbocycles. The second-order valence-electron chi connectivity index (χ2n) is 7.26. The lowest BCUT2D eigenvalue weighted by Gasteiger charge is -2.37. The Morgan fingerprint density at radius 1 is 1.08 bits per heavy atom. The highest BCUT2D eigenvalue weighted by Crippen LogP contribution is 2.41. The Morgan fingerprint density at radius 3 is 2.54 bits per heavy atom. The summed E-state index contributed by atoms with van der Waals surface area (Å²) in [6.45, 7) is 0.929. The zero-order valence-electron chi connectivity index (χ0n) is 14.6. The predicted molar refractivity (Wildman–Crippen MR) is 106 cm³/mol. The summed E-state index contributed by atoms with van der Waals surface area (Å²) in [5.41, 5.74) is 2.34. The van der Waals surface area contributed by atoms with Gasteiger partial charge >= 0.3 is 0 Å². The number of fused-ring (bicyclic) bond motifs is 2. The van der Waals surface area contributed by atoms with Gasteiger partial charge < -0.3 is 4.74 Å². The number of benzene rings is 2. The van der Waals surface area contributed by atoms with Gasteiger partial charge in [0.05, 0.1) is 6.07 Å². The Bertz CT molecular complexity index is 799. The van der Waals surface area contributed by atoms with Gasteiger partial charge in [0, 0.05) is 36.3 Å². The summed E-state index contributed by atoms with van der Waals surface area (Å²) in [7, 11) is 0. The summed E-state index contributed by atoms with van der Waals surface area (Å²) in [5.74, 6) is 1.03. The first-order chi connectivity index (χ1) is 12.8. The van der Waals surface area contributed by atoms with Crippen molar-refractivity contribution in [2.75, 3.05) is 0 Å². The molecule has 0 radical (unpaired) electrons. The molecule has 2 fully saturated rings. The lowest BCUT2D eigenvalue weighted by Crippen LogP contribution is -2.45. The van der Waals surface area contributed by atoms with Gasteiger partial charge in [-0.2, -0.15) is 5.26 Å². The van der Waals surface area contributed by atoms with Gasteiger partial charge in [0.2, 0.25) is 0 Å². The molecular formula is C22H22N2OS. The van der Waals surface area contributed by atoms with Crippen molar-refractivity contribution in [2.45, 2.75) is 44.0 Å². The van der Waals surface area contributed by atoms with E-state index in [-0.39, 0.29) is 12.0 Å². The van der Waals surface area contributed by atoms with Crippen LogP contribution in [0.5, 0.6) is 5.75 Å². The lowest BCUT2D eigenvalue weighted by atomic mass is 9.91. The molecule has 4 rings (SSSR count). The molecule has 2 saturated heterocycles. The minimum absolute atomic E-state index is 0.139. The highest BCUT2D eigenvalue weighted by Gasteiger charge is 2.47. The van der Waals surface area contributed by atoms with Crippen LogP contribution in [0.15, 0.2) is 54.6 Å². The fraction of sp³-hybridized carbons (Fsp3) is 0.364. The smallest absolute Gasteiger partial charge is 0.119 e.